The van der Waals surface area contributed by atoms with Gasteiger partial charge < -0.3 is 9.80 Å². The summed E-state index contributed by atoms with van der Waals surface area (Å²) >= 11 is 0.952. The fourth-order valence-corrected chi connectivity index (χ4v) is 5.78. The Morgan fingerprint density at radius 2 is 1.38 bits per heavy atom. The number of amides is 1. The lowest BCUT2D eigenvalue weighted by atomic mass is 10.1. The van der Waals surface area contributed by atoms with Crippen molar-refractivity contribution >= 4 is 34.3 Å². The zero-order valence-corrected chi connectivity index (χ0v) is 22.9. The number of aromatic nitrogens is 2. The molecule has 0 N–H and O–H groups in total. The van der Waals surface area contributed by atoms with Crippen LogP contribution in [0.25, 0.3) is 16.6 Å². The Balaban J connectivity index is 1.38. The summed E-state index contributed by atoms with van der Waals surface area (Å²) in [4.78, 5) is 34.7. The third-order valence-corrected chi connectivity index (χ3v) is 7.98. The molecule has 1 saturated heterocycles. The van der Waals surface area contributed by atoms with Gasteiger partial charge in [0.1, 0.15) is 0 Å². The van der Waals surface area contributed by atoms with Crippen LogP contribution in [0.5, 0.6) is 0 Å². The topological polar surface area (TPSA) is 58.4 Å². The van der Waals surface area contributed by atoms with Crippen LogP contribution in [0.4, 0.5) is 32.0 Å². The maximum absolute atomic E-state index is 13.5. The number of carbonyl (C=O) groups excluding carboxylic acids is 1. The Bertz CT molecular complexity index is 1680. The summed E-state index contributed by atoms with van der Waals surface area (Å²) in [6.45, 7) is 2.75. The number of rotatable bonds is 5. The highest BCUT2D eigenvalue weighted by atomic mass is 32.2. The number of hydrogen-bond acceptors (Lipinski definition) is 5. The largest absolute Gasteiger partial charge is 0.416 e. The van der Waals surface area contributed by atoms with Gasteiger partial charge in [0.15, 0.2) is 5.16 Å². The van der Waals surface area contributed by atoms with Crippen LogP contribution in [-0.4, -0.2) is 51.8 Å². The zero-order chi connectivity index (χ0) is 30.2. The minimum atomic E-state index is -4.63. The van der Waals surface area contributed by atoms with Gasteiger partial charge in [-0.3, -0.25) is 14.2 Å². The molecule has 42 heavy (non-hydrogen) atoms. The number of benzene rings is 3. The van der Waals surface area contributed by atoms with E-state index in [2.05, 4.69) is 4.98 Å². The first-order valence-electron chi connectivity index (χ1n) is 12.9. The standard InChI is InChI=1S/C29H24F6N4O2S/c1-18(25(40)38-14-12-37(13-15-38)21-8-4-6-19(16-21)28(30,31)32)42-27-36-24-11-3-2-10-23(24)26(41)39(27)22-9-5-7-20(17-22)29(33,34)35/h2-11,16-18H,12-15H2,1H3. The predicted molar refractivity (Wildman–Crippen MR) is 148 cm³/mol. The normalized spacial score (nSPS) is 15.2. The summed E-state index contributed by atoms with van der Waals surface area (Å²) in [5.41, 5.74) is -1.55. The molecule has 1 amide bonds. The molecule has 3 aromatic carbocycles. The fourth-order valence-electron chi connectivity index (χ4n) is 4.77. The first kappa shape index (κ1) is 29.5. The molecule has 0 radical (unpaired) electrons. The molecule has 1 unspecified atom stereocenters. The highest BCUT2D eigenvalue weighted by Crippen LogP contribution is 2.33. The maximum atomic E-state index is 13.5. The second kappa shape index (κ2) is 11.3. The molecule has 5 rings (SSSR count). The highest BCUT2D eigenvalue weighted by molar-refractivity contribution is 8.00. The van der Waals surface area contributed by atoms with Crippen LogP contribution in [-0.2, 0) is 17.1 Å². The molecule has 6 nitrogen and oxygen atoms in total. The second-order valence-electron chi connectivity index (χ2n) is 9.72. The molecule has 1 aliphatic heterocycles. The second-order valence-corrected chi connectivity index (χ2v) is 11.0. The number of piperazine rings is 1. The van der Waals surface area contributed by atoms with Crippen LogP contribution in [0.2, 0.25) is 0 Å². The average molecular weight is 607 g/mol. The van der Waals surface area contributed by atoms with Gasteiger partial charge in [-0.25, -0.2) is 4.98 Å². The number of halogens is 6. The van der Waals surface area contributed by atoms with E-state index in [-0.39, 0.29) is 35.2 Å². The smallest absolute Gasteiger partial charge is 0.368 e. The Kier molecular flexibility index (Phi) is 7.97. The summed E-state index contributed by atoms with van der Waals surface area (Å²) in [6.07, 6.45) is -9.09. The van der Waals surface area contributed by atoms with Gasteiger partial charge in [0, 0.05) is 31.9 Å². The molecular weight excluding hydrogens is 582 g/mol. The maximum Gasteiger partial charge on any atom is 0.416 e. The third kappa shape index (κ3) is 6.10. The predicted octanol–water partition coefficient (Wildman–Crippen LogP) is 6.25. The van der Waals surface area contributed by atoms with E-state index >= 15 is 0 Å². The van der Waals surface area contributed by atoms with Crippen LogP contribution in [0, 0.1) is 0 Å². The van der Waals surface area contributed by atoms with Gasteiger partial charge in [-0.1, -0.05) is 36.0 Å². The van der Waals surface area contributed by atoms with Crippen molar-refractivity contribution in [3.63, 3.8) is 0 Å². The van der Waals surface area contributed by atoms with Gasteiger partial charge in [0.05, 0.1) is 33.0 Å². The van der Waals surface area contributed by atoms with Crippen LogP contribution < -0.4 is 10.5 Å². The molecular formula is C29H24F6N4O2S. The number of carbonyl (C=O) groups is 1. The van der Waals surface area contributed by atoms with Crippen molar-refractivity contribution < 1.29 is 31.1 Å². The van der Waals surface area contributed by atoms with Gasteiger partial charge in [0.2, 0.25) is 5.91 Å². The van der Waals surface area contributed by atoms with Crippen LogP contribution in [0.1, 0.15) is 18.1 Å². The first-order valence-corrected chi connectivity index (χ1v) is 13.8. The first-order chi connectivity index (χ1) is 19.8. The molecule has 0 spiro atoms. The van der Waals surface area contributed by atoms with E-state index in [0.29, 0.717) is 24.3 Å². The molecule has 2 heterocycles. The van der Waals surface area contributed by atoms with Crippen molar-refractivity contribution in [2.45, 2.75) is 29.7 Å². The molecule has 1 aliphatic rings. The van der Waals surface area contributed by atoms with E-state index in [1.54, 1.807) is 41.0 Å². The molecule has 1 fully saturated rings. The number of thioether (sulfide) groups is 1. The van der Waals surface area contributed by atoms with E-state index in [1.165, 1.54) is 24.3 Å². The molecule has 13 heteroatoms. The molecule has 0 saturated carbocycles. The Morgan fingerprint density at radius 1 is 0.810 bits per heavy atom. The van der Waals surface area contributed by atoms with Gasteiger partial charge in [-0.2, -0.15) is 26.3 Å². The molecule has 4 aromatic rings. The van der Waals surface area contributed by atoms with E-state index in [0.717, 1.165) is 40.6 Å². The number of hydrogen-bond donors (Lipinski definition) is 0. The number of para-hydroxylation sites is 1. The van der Waals surface area contributed by atoms with Gasteiger partial charge >= 0.3 is 12.4 Å². The van der Waals surface area contributed by atoms with Gasteiger partial charge in [0.25, 0.3) is 5.56 Å². The van der Waals surface area contributed by atoms with Crippen LogP contribution >= 0.6 is 11.8 Å². The van der Waals surface area contributed by atoms with E-state index in [4.69, 9.17) is 0 Å². The summed E-state index contributed by atoms with van der Waals surface area (Å²) in [6, 6.07) is 15.8. The zero-order valence-electron chi connectivity index (χ0n) is 22.1. The quantitative estimate of drug-likeness (QED) is 0.153. The molecule has 1 atom stereocenters. The van der Waals surface area contributed by atoms with Crippen molar-refractivity contribution in [1.29, 1.82) is 0 Å². The molecule has 1 aromatic heterocycles. The Morgan fingerprint density at radius 3 is 2.00 bits per heavy atom. The van der Waals surface area contributed by atoms with Crippen LogP contribution in [0.15, 0.2) is 82.7 Å². The summed E-state index contributed by atoms with van der Waals surface area (Å²) in [7, 11) is 0. The summed E-state index contributed by atoms with van der Waals surface area (Å²) in [5, 5.41) is -0.499. The van der Waals surface area contributed by atoms with Crippen molar-refractivity contribution in [2.24, 2.45) is 0 Å². The number of anilines is 1. The van der Waals surface area contributed by atoms with Crippen molar-refractivity contribution in [1.82, 2.24) is 14.5 Å². The number of alkyl halides is 6. The van der Waals surface area contributed by atoms with Crippen molar-refractivity contribution in [3.8, 4) is 5.69 Å². The van der Waals surface area contributed by atoms with E-state index in [1.807, 2.05) is 0 Å². The van der Waals surface area contributed by atoms with Gasteiger partial charge in [-0.05, 0) is 55.5 Å². The fraction of sp³-hybridized carbons (Fsp3) is 0.276. The molecule has 0 bridgehead atoms. The summed E-state index contributed by atoms with van der Waals surface area (Å²) in [5.74, 6) is -0.290. The van der Waals surface area contributed by atoms with Crippen molar-refractivity contribution in [2.75, 3.05) is 31.1 Å². The summed E-state index contributed by atoms with van der Waals surface area (Å²) < 4.78 is 80.9. The van der Waals surface area contributed by atoms with Gasteiger partial charge in [-0.15, -0.1) is 0 Å². The van der Waals surface area contributed by atoms with Crippen LogP contribution in [0.3, 0.4) is 0 Å². The molecule has 0 aliphatic carbocycles. The third-order valence-electron chi connectivity index (χ3n) is 6.94. The minimum absolute atomic E-state index is 0.0371. The lowest BCUT2D eigenvalue weighted by Crippen LogP contribution is -2.50. The average Bonchev–Trinajstić information content (AvgIpc) is 2.96. The SMILES string of the molecule is CC(Sc1nc2ccccc2c(=O)n1-c1cccc(C(F)(F)F)c1)C(=O)N1CCN(c2cccc(C(F)(F)F)c2)CC1. The molecule has 220 valence electrons. The highest BCUT2D eigenvalue weighted by Gasteiger charge is 2.33. The number of nitrogens with zero attached hydrogens (tertiary/aromatic N) is 4. The van der Waals surface area contributed by atoms with E-state index < -0.39 is 34.3 Å². The van der Waals surface area contributed by atoms with Crippen molar-refractivity contribution in [3.05, 3.63) is 94.3 Å². The van der Waals surface area contributed by atoms with E-state index in [9.17, 15) is 35.9 Å². The lowest BCUT2D eigenvalue weighted by molar-refractivity contribution is -0.138. The Hall–Kier alpha value is -4.00. The minimum Gasteiger partial charge on any atom is -0.368 e. The number of fused-ring (bicyclic) bond motifs is 1. The Labute approximate surface area is 240 Å². The lowest BCUT2D eigenvalue weighted by Gasteiger charge is -2.37. The monoisotopic (exact) mass is 606 g/mol.